The van der Waals surface area contributed by atoms with Crippen LogP contribution >= 0.6 is 0 Å². The van der Waals surface area contributed by atoms with Gasteiger partial charge in [-0.3, -0.25) is 0 Å². The highest BCUT2D eigenvalue weighted by Crippen LogP contribution is 2.40. The lowest BCUT2D eigenvalue weighted by Crippen LogP contribution is -2.44. The first-order chi connectivity index (χ1) is 7.67. The molecule has 3 N–H and O–H groups in total. The Kier molecular flexibility index (Phi) is 3.99. The van der Waals surface area contributed by atoms with Crippen LogP contribution in [0.5, 0.6) is 0 Å². The molecule has 2 aliphatic heterocycles. The molecule has 94 valence electrons. The lowest BCUT2D eigenvalue weighted by Gasteiger charge is -2.26. The number of nitrogens with one attached hydrogen (secondary N) is 1. The minimum Gasteiger partial charge on any atom is -0.368 e. The first-order valence-corrected chi connectivity index (χ1v) is 8.04. The van der Waals surface area contributed by atoms with E-state index in [1.807, 2.05) is 0 Å². The van der Waals surface area contributed by atoms with Crippen LogP contribution < -0.4 is 11.1 Å². The van der Waals surface area contributed by atoms with Crippen molar-refractivity contribution in [1.29, 1.82) is 0 Å². The van der Waals surface area contributed by atoms with Gasteiger partial charge >= 0.3 is 8.80 Å². The molecule has 0 amide bonds. The normalized spacial score (nSPS) is 41.8. The molecule has 0 aromatic heterocycles. The van der Waals surface area contributed by atoms with Crippen molar-refractivity contribution in [2.24, 2.45) is 5.73 Å². The van der Waals surface area contributed by atoms with Crippen LogP contribution in [-0.4, -0.2) is 46.8 Å². The van der Waals surface area contributed by atoms with Crippen molar-refractivity contribution in [2.75, 3.05) is 19.6 Å². The fourth-order valence-corrected chi connectivity index (χ4v) is 5.73. The quantitative estimate of drug-likeness (QED) is 0.513. The van der Waals surface area contributed by atoms with Crippen LogP contribution in [0.2, 0.25) is 6.04 Å². The summed E-state index contributed by atoms with van der Waals surface area (Å²) in [4.78, 5) is 0. The SMILES string of the molecule is CC1O[Si]2(CCCNCCN)OC(C)C1O2. The topological polar surface area (TPSA) is 65.7 Å². The summed E-state index contributed by atoms with van der Waals surface area (Å²) in [5.74, 6) is 0. The fourth-order valence-electron chi connectivity index (χ4n) is 2.40. The molecule has 16 heavy (non-hydrogen) atoms. The second-order valence-corrected chi connectivity index (χ2v) is 7.13. The van der Waals surface area contributed by atoms with E-state index in [1.165, 1.54) is 0 Å². The largest absolute Gasteiger partial charge is 0.502 e. The van der Waals surface area contributed by atoms with E-state index < -0.39 is 8.80 Å². The Hall–Kier alpha value is 0.0169. The summed E-state index contributed by atoms with van der Waals surface area (Å²) in [6.45, 7) is 6.65. The van der Waals surface area contributed by atoms with Crippen molar-refractivity contribution in [3.05, 3.63) is 0 Å². The minimum absolute atomic E-state index is 0.156. The Balaban J connectivity index is 1.73. The molecule has 0 spiro atoms. The van der Waals surface area contributed by atoms with Gasteiger partial charge in [0.25, 0.3) is 0 Å². The van der Waals surface area contributed by atoms with Crippen LogP contribution in [0.4, 0.5) is 0 Å². The maximum atomic E-state index is 5.93. The second-order valence-electron chi connectivity index (χ2n) is 4.55. The van der Waals surface area contributed by atoms with E-state index in [9.17, 15) is 0 Å². The van der Waals surface area contributed by atoms with Gasteiger partial charge < -0.3 is 24.3 Å². The van der Waals surface area contributed by atoms with Gasteiger partial charge in [0.1, 0.15) is 0 Å². The standard InChI is InChI=1S/C10H22N2O3Si/c1-8-10-9(2)14-16(13-8,15-10)7-3-5-12-6-4-11/h8-10,12H,3-7,11H2,1-2H3. The smallest absolute Gasteiger partial charge is 0.368 e. The summed E-state index contributed by atoms with van der Waals surface area (Å²) in [6, 6.07) is 0.912. The maximum Gasteiger partial charge on any atom is 0.502 e. The molecule has 0 radical (unpaired) electrons. The molecule has 0 saturated carbocycles. The zero-order valence-electron chi connectivity index (χ0n) is 10.1. The molecule has 6 heteroatoms. The third kappa shape index (κ3) is 2.47. The van der Waals surface area contributed by atoms with Crippen molar-refractivity contribution in [3.8, 4) is 0 Å². The molecular formula is C10H22N2O3Si. The number of rotatable bonds is 6. The van der Waals surface area contributed by atoms with Gasteiger partial charge in [0, 0.05) is 19.1 Å². The van der Waals surface area contributed by atoms with Crippen LogP contribution in [0.25, 0.3) is 0 Å². The zero-order chi connectivity index (χ0) is 11.6. The molecule has 2 atom stereocenters. The van der Waals surface area contributed by atoms with Crippen LogP contribution in [0.15, 0.2) is 0 Å². The average molecular weight is 246 g/mol. The van der Waals surface area contributed by atoms with Gasteiger partial charge in [-0.05, 0) is 26.8 Å². The minimum atomic E-state index is -2.29. The Labute approximate surface area is 98.0 Å². The Morgan fingerprint density at radius 2 is 1.81 bits per heavy atom. The fraction of sp³-hybridized carbons (Fsp3) is 1.00. The van der Waals surface area contributed by atoms with Gasteiger partial charge in [-0.2, -0.15) is 0 Å². The lowest BCUT2D eigenvalue weighted by atomic mass is 10.1. The highest BCUT2D eigenvalue weighted by atomic mass is 28.4. The van der Waals surface area contributed by atoms with E-state index in [2.05, 4.69) is 19.2 Å². The average Bonchev–Trinajstić information content (AvgIpc) is 2.71. The molecule has 5 nitrogen and oxygen atoms in total. The summed E-state index contributed by atoms with van der Waals surface area (Å²) in [7, 11) is -2.29. The molecule has 2 unspecified atom stereocenters. The van der Waals surface area contributed by atoms with Crippen LogP contribution in [-0.2, 0) is 13.3 Å². The number of fused-ring (bicyclic) bond motifs is 2. The molecule has 2 rings (SSSR count). The number of hydrogen-bond acceptors (Lipinski definition) is 5. The van der Waals surface area contributed by atoms with Crippen molar-refractivity contribution in [2.45, 2.75) is 44.6 Å². The van der Waals surface area contributed by atoms with Gasteiger partial charge in [-0.15, -0.1) is 0 Å². The first kappa shape index (κ1) is 12.5. The molecule has 2 aliphatic rings. The van der Waals surface area contributed by atoms with Crippen LogP contribution in [0, 0.1) is 0 Å². The molecule has 0 aromatic carbocycles. The molecule has 0 aliphatic carbocycles. The van der Waals surface area contributed by atoms with Crippen LogP contribution in [0.1, 0.15) is 20.3 Å². The summed E-state index contributed by atoms with van der Waals surface area (Å²) in [5, 5.41) is 3.27. The Bertz CT molecular complexity index is 230. The molecule has 2 heterocycles. The number of hydrogen-bond donors (Lipinski definition) is 2. The number of nitrogens with two attached hydrogens (primary N) is 1. The molecule has 2 bridgehead atoms. The summed E-state index contributed by atoms with van der Waals surface area (Å²) in [5.41, 5.74) is 5.40. The summed E-state index contributed by atoms with van der Waals surface area (Å²) >= 11 is 0. The highest BCUT2D eigenvalue weighted by Gasteiger charge is 2.60. The van der Waals surface area contributed by atoms with Gasteiger partial charge in [-0.25, -0.2) is 0 Å². The summed E-state index contributed by atoms with van der Waals surface area (Å²) in [6.07, 6.45) is 1.58. The molecule has 2 fully saturated rings. The third-order valence-electron chi connectivity index (χ3n) is 3.13. The van der Waals surface area contributed by atoms with Crippen molar-refractivity contribution in [3.63, 3.8) is 0 Å². The second kappa shape index (κ2) is 5.12. The molecule has 2 saturated heterocycles. The zero-order valence-corrected chi connectivity index (χ0v) is 11.1. The highest BCUT2D eigenvalue weighted by molar-refractivity contribution is 6.62. The third-order valence-corrected chi connectivity index (χ3v) is 6.19. The van der Waals surface area contributed by atoms with E-state index >= 15 is 0 Å². The van der Waals surface area contributed by atoms with E-state index in [4.69, 9.17) is 19.0 Å². The predicted molar refractivity (Wildman–Crippen MR) is 63.1 cm³/mol. The van der Waals surface area contributed by atoms with Gasteiger partial charge in [0.05, 0.1) is 18.3 Å². The predicted octanol–water partition coefficient (Wildman–Crippen LogP) is 0.0863. The van der Waals surface area contributed by atoms with E-state index in [-0.39, 0.29) is 18.3 Å². The van der Waals surface area contributed by atoms with Gasteiger partial charge in [-0.1, -0.05) is 0 Å². The van der Waals surface area contributed by atoms with Crippen molar-refractivity contribution < 1.29 is 13.3 Å². The Morgan fingerprint density at radius 3 is 2.38 bits per heavy atom. The molecule has 0 aromatic rings. The van der Waals surface area contributed by atoms with Gasteiger partial charge in [0.15, 0.2) is 0 Å². The Morgan fingerprint density at radius 1 is 1.12 bits per heavy atom. The van der Waals surface area contributed by atoms with Crippen LogP contribution in [0.3, 0.4) is 0 Å². The van der Waals surface area contributed by atoms with Crippen molar-refractivity contribution in [1.82, 2.24) is 5.32 Å². The van der Waals surface area contributed by atoms with E-state index in [1.54, 1.807) is 0 Å². The first-order valence-electron chi connectivity index (χ1n) is 6.11. The van der Waals surface area contributed by atoms with Crippen molar-refractivity contribution >= 4 is 8.80 Å². The monoisotopic (exact) mass is 246 g/mol. The maximum absolute atomic E-state index is 5.93. The molecular weight excluding hydrogens is 224 g/mol. The summed E-state index contributed by atoms with van der Waals surface area (Å²) < 4.78 is 17.7. The van der Waals surface area contributed by atoms with Gasteiger partial charge in [0.2, 0.25) is 0 Å². The van der Waals surface area contributed by atoms with E-state index in [0.717, 1.165) is 25.6 Å². The van der Waals surface area contributed by atoms with E-state index in [0.29, 0.717) is 6.54 Å². The lowest BCUT2D eigenvalue weighted by molar-refractivity contribution is 0.0405.